The molecule has 2 aromatic rings. The normalized spacial score (nSPS) is 10.0. The van der Waals surface area contributed by atoms with Crippen LogP contribution in [0.3, 0.4) is 0 Å². The third kappa shape index (κ3) is 3.14. The van der Waals surface area contributed by atoms with Gasteiger partial charge in [-0.2, -0.15) is 0 Å². The SMILES string of the molecule is CNc1c(C(=O)Nc2cccc(F)c2)cccc1[N+](=O)[O-]. The number of nitro benzene ring substituents is 1. The number of amides is 1. The number of nitrogens with zero attached hydrogens (tertiary/aromatic N) is 1. The zero-order valence-electron chi connectivity index (χ0n) is 11.1. The predicted molar refractivity (Wildman–Crippen MR) is 77.0 cm³/mol. The summed E-state index contributed by atoms with van der Waals surface area (Å²) in [5.74, 6) is -1.05. The second-order valence-corrected chi connectivity index (χ2v) is 4.17. The van der Waals surface area contributed by atoms with Crippen LogP contribution in [0.1, 0.15) is 10.4 Å². The van der Waals surface area contributed by atoms with Crippen LogP contribution in [0.25, 0.3) is 0 Å². The average molecular weight is 289 g/mol. The van der Waals surface area contributed by atoms with Crippen LogP contribution in [0, 0.1) is 15.9 Å². The maximum Gasteiger partial charge on any atom is 0.293 e. The van der Waals surface area contributed by atoms with Crippen LogP contribution in [0.5, 0.6) is 0 Å². The van der Waals surface area contributed by atoms with Gasteiger partial charge in [0.2, 0.25) is 0 Å². The topological polar surface area (TPSA) is 84.3 Å². The van der Waals surface area contributed by atoms with E-state index in [9.17, 15) is 19.3 Å². The van der Waals surface area contributed by atoms with E-state index in [1.165, 1.54) is 43.4 Å². The van der Waals surface area contributed by atoms with Crippen LogP contribution >= 0.6 is 0 Å². The van der Waals surface area contributed by atoms with Gasteiger partial charge in [0.05, 0.1) is 10.5 Å². The molecule has 0 spiro atoms. The number of nitro groups is 1. The lowest BCUT2D eigenvalue weighted by Crippen LogP contribution is -2.15. The Hall–Kier alpha value is -2.96. The Balaban J connectivity index is 2.35. The summed E-state index contributed by atoms with van der Waals surface area (Å²) in [5.41, 5.74) is 0.283. The van der Waals surface area contributed by atoms with Crippen molar-refractivity contribution in [2.45, 2.75) is 0 Å². The fourth-order valence-electron chi connectivity index (χ4n) is 1.91. The number of anilines is 2. The Kier molecular flexibility index (Phi) is 4.13. The fourth-order valence-corrected chi connectivity index (χ4v) is 1.91. The monoisotopic (exact) mass is 289 g/mol. The molecule has 0 saturated heterocycles. The van der Waals surface area contributed by atoms with Crippen molar-refractivity contribution in [3.63, 3.8) is 0 Å². The molecule has 108 valence electrons. The minimum atomic E-state index is -0.579. The molecular formula is C14H12FN3O3. The lowest BCUT2D eigenvalue weighted by molar-refractivity contribution is -0.384. The Morgan fingerprint density at radius 1 is 1.24 bits per heavy atom. The first kappa shape index (κ1) is 14.4. The molecule has 0 aromatic heterocycles. The number of benzene rings is 2. The first-order chi connectivity index (χ1) is 10.0. The molecule has 0 aliphatic carbocycles. The molecule has 0 heterocycles. The summed E-state index contributed by atoms with van der Waals surface area (Å²) in [4.78, 5) is 22.5. The molecule has 0 saturated carbocycles. The fraction of sp³-hybridized carbons (Fsp3) is 0.0714. The Morgan fingerprint density at radius 3 is 2.57 bits per heavy atom. The van der Waals surface area contributed by atoms with Gasteiger partial charge < -0.3 is 10.6 Å². The van der Waals surface area contributed by atoms with Gasteiger partial charge in [-0.1, -0.05) is 12.1 Å². The highest BCUT2D eigenvalue weighted by Gasteiger charge is 2.20. The van der Waals surface area contributed by atoms with E-state index in [1.807, 2.05) is 0 Å². The summed E-state index contributed by atoms with van der Waals surface area (Å²) in [5, 5.41) is 16.1. The Labute approximate surface area is 119 Å². The van der Waals surface area contributed by atoms with Crippen molar-refractivity contribution in [3.05, 3.63) is 64.0 Å². The summed E-state index contributed by atoms with van der Waals surface area (Å²) in [6, 6.07) is 9.56. The molecule has 6 nitrogen and oxygen atoms in total. The van der Waals surface area contributed by atoms with Crippen molar-refractivity contribution in [2.75, 3.05) is 17.7 Å². The third-order valence-electron chi connectivity index (χ3n) is 2.82. The highest BCUT2D eigenvalue weighted by Crippen LogP contribution is 2.28. The molecule has 2 aromatic carbocycles. The summed E-state index contributed by atoms with van der Waals surface area (Å²) in [6.07, 6.45) is 0. The number of nitrogens with one attached hydrogen (secondary N) is 2. The van der Waals surface area contributed by atoms with Crippen LogP contribution in [0.15, 0.2) is 42.5 Å². The first-order valence-corrected chi connectivity index (χ1v) is 6.05. The average Bonchev–Trinajstić information content (AvgIpc) is 2.46. The molecule has 1 amide bonds. The zero-order chi connectivity index (χ0) is 15.4. The number of halogens is 1. The van der Waals surface area contributed by atoms with E-state index in [0.29, 0.717) is 0 Å². The van der Waals surface area contributed by atoms with Gasteiger partial charge in [-0.15, -0.1) is 0 Å². The second-order valence-electron chi connectivity index (χ2n) is 4.17. The molecule has 21 heavy (non-hydrogen) atoms. The van der Waals surface area contributed by atoms with Crippen LogP contribution < -0.4 is 10.6 Å². The summed E-state index contributed by atoms with van der Waals surface area (Å²) in [6.45, 7) is 0. The molecule has 0 atom stereocenters. The summed E-state index contributed by atoms with van der Waals surface area (Å²) >= 11 is 0. The first-order valence-electron chi connectivity index (χ1n) is 6.05. The van der Waals surface area contributed by atoms with E-state index in [4.69, 9.17) is 0 Å². The molecule has 0 aliphatic rings. The van der Waals surface area contributed by atoms with Gasteiger partial charge in [-0.05, 0) is 24.3 Å². The Morgan fingerprint density at radius 2 is 1.95 bits per heavy atom. The maximum atomic E-state index is 13.1. The Bertz CT molecular complexity index is 704. The molecule has 2 N–H and O–H groups in total. The lowest BCUT2D eigenvalue weighted by atomic mass is 10.1. The van der Waals surface area contributed by atoms with E-state index in [0.717, 1.165) is 6.07 Å². The van der Waals surface area contributed by atoms with Crippen molar-refractivity contribution in [3.8, 4) is 0 Å². The largest absolute Gasteiger partial charge is 0.382 e. The van der Waals surface area contributed by atoms with E-state index < -0.39 is 16.6 Å². The van der Waals surface area contributed by atoms with Gasteiger partial charge in [0.1, 0.15) is 11.5 Å². The number of carbonyl (C=O) groups excluding carboxylic acids is 1. The molecule has 0 unspecified atom stereocenters. The van der Waals surface area contributed by atoms with Gasteiger partial charge >= 0.3 is 0 Å². The third-order valence-corrected chi connectivity index (χ3v) is 2.82. The smallest absolute Gasteiger partial charge is 0.293 e. The van der Waals surface area contributed by atoms with E-state index in [1.54, 1.807) is 0 Å². The second kappa shape index (κ2) is 6.00. The van der Waals surface area contributed by atoms with Gasteiger partial charge in [0, 0.05) is 18.8 Å². The van der Waals surface area contributed by atoms with Crippen LogP contribution in [0.2, 0.25) is 0 Å². The molecule has 0 bridgehead atoms. The van der Waals surface area contributed by atoms with Crippen LogP contribution in [-0.4, -0.2) is 17.9 Å². The minimum Gasteiger partial charge on any atom is -0.382 e. The van der Waals surface area contributed by atoms with Gasteiger partial charge in [-0.3, -0.25) is 14.9 Å². The highest BCUT2D eigenvalue weighted by atomic mass is 19.1. The van der Waals surface area contributed by atoms with Crippen molar-refractivity contribution in [2.24, 2.45) is 0 Å². The highest BCUT2D eigenvalue weighted by molar-refractivity contribution is 6.09. The number of hydrogen-bond donors (Lipinski definition) is 2. The number of rotatable bonds is 4. The van der Waals surface area contributed by atoms with Crippen molar-refractivity contribution in [1.29, 1.82) is 0 Å². The van der Waals surface area contributed by atoms with Crippen LogP contribution in [0.4, 0.5) is 21.5 Å². The maximum absolute atomic E-state index is 13.1. The van der Waals surface area contributed by atoms with E-state index in [-0.39, 0.29) is 22.6 Å². The molecule has 0 aliphatic heterocycles. The molecule has 7 heteroatoms. The minimum absolute atomic E-state index is 0.107. The number of para-hydroxylation sites is 1. The zero-order valence-corrected chi connectivity index (χ0v) is 11.1. The number of carbonyl (C=O) groups is 1. The number of hydrogen-bond acceptors (Lipinski definition) is 4. The lowest BCUT2D eigenvalue weighted by Gasteiger charge is -2.10. The van der Waals surface area contributed by atoms with Crippen LogP contribution in [-0.2, 0) is 0 Å². The standard InChI is InChI=1S/C14H12FN3O3/c1-16-13-11(6-3-7-12(13)18(20)21)14(19)17-10-5-2-4-9(15)8-10/h2-8,16H,1H3,(H,17,19). The van der Waals surface area contributed by atoms with E-state index in [2.05, 4.69) is 10.6 Å². The van der Waals surface area contributed by atoms with Crippen molar-refractivity contribution < 1.29 is 14.1 Å². The molecular weight excluding hydrogens is 277 g/mol. The molecule has 0 fully saturated rings. The van der Waals surface area contributed by atoms with Gasteiger partial charge in [0.25, 0.3) is 11.6 Å². The van der Waals surface area contributed by atoms with Gasteiger partial charge in [0.15, 0.2) is 0 Å². The summed E-state index contributed by atoms with van der Waals surface area (Å²) in [7, 11) is 1.49. The van der Waals surface area contributed by atoms with Crippen molar-refractivity contribution >= 4 is 23.0 Å². The van der Waals surface area contributed by atoms with E-state index >= 15 is 0 Å². The quantitative estimate of drug-likeness (QED) is 0.669. The van der Waals surface area contributed by atoms with Gasteiger partial charge in [-0.25, -0.2) is 4.39 Å². The molecule has 2 rings (SSSR count). The van der Waals surface area contributed by atoms with Crippen molar-refractivity contribution in [1.82, 2.24) is 0 Å². The summed E-state index contributed by atoms with van der Waals surface area (Å²) < 4.78 is 13.1. The predicted octanol–water partition coefficient (Wildman–Crippen LogP) is 3.03. The molecule has 0 radical (unpaired) electrons.